The predicted molar refractivity (Wildman–Crippen MR) is 141 cm³/mol. The Hall–Kier alpha value is -3.00. The SMILES string of the molecule is CC(C)(C)[Si](OC(CCNC(=O)O)CC(=O)c1ccc(Cl)nc1)(c1ccccc1)c1ccccc1. The number of halogens is 1. The van der Waals surface area contributed by atoms with Gasteiger partial charge in [0.25, 0.3) is 8.32 Å². The molecule has 0 saturated carbocycles. The van der Waals surface area contributed by atoms with Crippen LogP contribution in [0.2, 0.25) is 10.2 Å². The number of ketones is 1. The number of benzene rings is 2. The van der Waals surface area contributed by atoms with Crippen molar-refractivity contribution in [2.75, 3.05) is 6.54 Å². The minimum atomic E-state index is -2.93. The number of nitrogens with zero attached hydrogens (tertiary/aromatic N) is 1. The van der Waals surface area contributed by atoms with Crippen LogP contribution in [-0.2, 0) is 4.43 Å². The minimum Gasteiger partial charge on any atom is -0.465 e. The molecule has 2 N–H and O–H groups in total. The standard InChI is InChI=1S/C27H31ClN2O4Si/c1-27(2,3)35(22-10-6-4-7-11-22,23-12-8-5-9-13-23)34-21(16-17-29-26(32)33)18-24(31)20-14-15-25(28)30-19-20/h4-15,19,21,29H,16-18H2,1-3H3,(H,32,33). The maximum atomic E-state index is 13.2. The number of hydrogen-bond donors (Lipinski definition) is 2. The number of carbonyl (C=O) groups excluding carboxylic acids is 1. The second-order valence-corrected chi connectivity index (χ2v) is 14.1. The van der Waals surface area contributed by atoms with Crippen LogP contribution in [0.3, 0.4) is 0 Å². The third kappa shape index (κ3) is 6.57. The van der Waals surface area contributed by atoms with Crippen molar-refractivity contribution in [1.29, 1.82) is 0 Å². The van der Waals surface area contributed by atoms with Crippen LogP contribution in [-0.4, -0.2) is 42.9 Å². The van der Waals surface area contributed by atoms with E-state index < -0.39 is 20.5 Å². The average molecular weight is 511 g/mol. The van der Waals surface area contributed by atoms with Gasteiger partial charge in [-0.2, -0.15) is 0 Å². The summed E-state index contributed by atoms with van der Waals surface area (Å²) in [7, 11) is -2.93. The molecule has 0 aliphatic carbocycles. The Morgan fingerprint density at radius 1 is 1.00 bits per heavy atom. The van der Waals surface area contributed by atoms with E-state index in [0.29, 0.717) is 17.1 Å². The number of aromatic nitrogens is 1. The Morgan fingerprint density at radius 3 is 2.03 bits per heavy atom. The van der Waals surface area contributed by atoms with Crippen molar-refractivity contribution in [3.63, 3.8) is 0 Å². The minimum absolute atomic E-state index is 0.0924. The Morgan fingerprint density at radius 2 is 1.57 bits per heavy atom. The lowest BCUT2D eigenvalue weighted by Gasteiger charge is -2.45. The fourth-order valence-corrected chi connectivity index (χ4v) is 9.18. The van der Waals surface area contributed by atoms with Crippen LogP contribution in [0.4, 0.5) is 4.79 Å². The van der Waals surface area contributed by atoms with Crippen molar-refractivity contribution < 1.29 is 19.1 Å². The summed E-state index contributed by atoms with van der Waals surface area (Å²) in [5, 5.41) is 13.7. The maximum absolute atomic E-state index is 13.2. The molecule has 0 saturated heterocycles. The van der Waals surface area contributed by atoms with E-state index in [1.165, 1.54) is 6.20 Å². The highest BCUT2D eigenvalue weighted by atomic mass is 35.5. The molecular formula is C27H31ClN2O4Si. The molecule has 6 nitrogen and oxygen atoms in total. The summed E-state index contributed by atoms with van der Waals surface area (Å²) in [5.74, 6) is -0.132. The van der Waals surface area contributed by atoms with E-state index in [2.05, 4.69) is 55.3 Å². The molecule has 0 aliphatic heterocycles. The molecule has 0 fully saturated rings. The molecule has 8 heteroatoms. The summed E-state index contributed by atoms with van der Waals surface area (Å²) in [6, 6.07) is 23.5. The zero-order valence-corrected chi connectivity index (χ0v) is 22.0. The van der Waals surface area contributed by atoms with E-state index in [1.807, 2.05) is 36.4 Å². The zero-order valence-electron chi connectivity index (χ0n) is 20.2. The number of amides is 1. The van der Waals surface area contributed by atoms with Gasteiger partial charge in [-0.3, -0.25) is 4.79 Å². The monoisotopic (exact) mass is 510 g/mol. The molecule has 2 aromatic carbocycles. The Balaban J connectivity index is 2.05. The van der Waals surface area contributed by atoms with Crippen LogP contribution >= 0.6 is 11.6 Å². The van der Waals surface area contributed by atoms with Gasteiger partial charge in [-0.05, 0) is 34.0 Å². The topological polar surface area (TPSA) is 88.5 Å². The third-order valence-electron chi connectivity index (χ3n) is 5.97. The largest absolute Gasteiger partial charge is 0.465 e. The highest BCUT2D eigenvalue weighted by Crippen LogP contribution is 2.38. The van der Waals surface area contributed by atoms with E-state index in [-0.39, 0.29) is 23.8 Å². The van der Waals surface area contributed by atoms with Gasteiger partial charge in [-0.25, -0.2) is 9.78 Å². The van der Waals surface area contributed by atoms with Crippen LogP contribution in [0.5, 0.6) is 0 Å². The molecule has 1 amide bonds. The molecule has 1 unspecified atom stereocenters. The first-order chi connectivity index (χ1) is 16.6. The summed E-state index contributed by atoms with van der Waals surface area (Å²) >= 11 is 5.89. The van der Waals surface area contributed by atoms with Crippen molar-refractivity contribution in [3.05, 3.63) is 89.7 Å². The first-order valence-corrected chi connectivity index (χ1v) is 13.8. The lowest BCUT2D eigenvalue weighted by Crippen LogP contribution is -2.67. The number of carbonyl (C=O) groups is 2. The molecule has 3 rings (SSSR count). The Labute approximate surface area is 212 Å². The first-order valence-electron chi connectivity index (χ1n) is 11.5. The summed E-state index contributed by atoms with van der Waals surface area (Å²) in [6.45, 7) is 6.66. The summed E-state index contributed by atoms with van der Waals surface area (Å²) in [4.78, 5) is 28.3. The fourth-order valence-electron chi connectivity index (χ4n) is 4.35. The van der Waals surface area contributed by atoms with Crippen molar-refractivity contribution in [2.45, 2.75) is 44.8 Å². The van der Waals surface area contributed by atoms with Crippen molar-refractivity contribution in [1.82, 2.24) is 10.3 Å². The molecule has 0 aliphatic rings. The van der Waals surface area contributed by atoms with E-state index in [9.17, 15) is 9.59 Å². The van der Waals surface area contributed by atoms with Crippen molar-refractivity contribution >= 4 is 42.2 Å². The smallest absolute Gasteiger partial charge is 0.404 e. The van der Waals surface area contributed by atoms with E-state index in [4.69, 9.17) is 21.1 Å². The second-order valence-electron chi connectivity index (χ2n) is 9.42. The summed E-state index contributed by atoms with van der Waals surface area (Å²) in [5.41, 5.74) is 0.441. The van der Waals surface area contributed by atoms with Gasteiger partial charge in [0.2, 0.25) is 0 Å². The van der Waals surface area contributed by atoms with Gasteiger partial charge in [-0.15, -0.1) is 0 Å². The quantitative estimate of drug-likeness (QED) is 0.230. The molecule has 3 aromatic rings. The van der Waals surface area contributed by atoms with Gasteiger partial charge in [-0.1, -0.05) is 93.0 Å². The number of carboxylic acid groups (broad SMARTS) is 1. The van der Waals surface area contributed by atoms with E-state index in [1.54, 1.807) is 12.1 Å². The summed E-state index contributed by atoms with van der Waals surface area (Å²) < 4.78 is 7.11. The highest BCUT2D eigenvalue weighted by molar-refractivity contribution is 6.99. The Bertz CT molecular complexity index is 1080. The van der Waals surface area contributed by atoms with Crippen LogP contribution in [0, 0.1) is 0 Å². The maximum Gasteiger partial charge on any atom is 0.404 e. The van der Waals surface area contributed by atoms with Crippen molar-refractivity contribution in [2.24, 2.45) is 0 Å². The molecule has 0 radical (unpaired) electrons. The third-order valence-corrected chi connectivity index (χ3v) is 11.3. The molecular weight excluding hydrogens is 480 g/mol. The second kappa shape index (κ2) is 11.6. The molecule has 1 atom stereocenters. The van der Waals surface area contributed by atoms with E-state index >= 15 is 0 Å². The van der Waals surface area contributed by atoms with Gasteiger partial charge in [0.05, 0.1) is 6.10 Å². The van der Waals surface area contributed by atoms with Crippen LogP contribution in [0.25, 0.3) is 0 Å². The molecule has 184 valence electrons. The zero-order chi connectivity index (χ0) is 25.5. The van der Waals surface area contributed by atoms with Gasteiger partial charge in [0.15, 0.2) is 5.78 Å². The van der Waals surface area contributed by atoms with Crippen molar-refractivity contribution in [3.8, 4) is 0 Å². The highest BCUT2D eigenvalue weighted by Gasteiger charge is 2.51. The lowest BCUT2D eigenvalue weighted by molar-refractivity contribution is 0.0887. The average Bonchev–Trinajstić information content (AvgIpc) is 2.82. The summed E-state index contributed by atoms with van der Waals surface area (Å²) in [6.07, 6.45) is 0.275. The van der Waals surface area contributed by atoms with E-state index in [0.717, 1.165) is 10.4 Å². The van der Waals surface area contributed by atoms with Gasteiger partial charge in [0.1, 0.15) is 5.15 Å². The van der Waals surface area contributed by atoms with Crippen LogP contribution < -0.4 is 15.7 Å². The Kier molecular flexibility index (Phi) is 8.83. The van der Waals surface area contributed by atoms with Gasteiger partial charge in [0, 0.05) is 24.7 Å². The molecule has 1 aromatic heterocycles. The number of nitrogens with one attached hydrogen (secondary N) is 1. The number of rotatable bonds is 10. The normalized spacial score (nSPS) is 12.7. The van der Waals surface area contributed by atoms with Crippen LogP contribution in [0.1, 0.15) is 44.0 Å². The van der Waals surface area contributed by atoms with Gasteiger partial charge < -0.3 is 14.8 Å². The molecule has 1 heterocycles. The first kappa shape index (κ1) is 26.6. The van der Waals surface area contributed by atoms with Gasteiger partial charge >= 0.3 is 6.09 Å². The lowest BCUT2D eigenvalue weighted by atomic mass is 10.1. The van der Waals surface area contributed by atoms with Crippen LogP contribution in [0.15, 0.2) is 79.0 Å². The predicted octanol–water partition coefficient (Wildman–Crippen LogP) is 4.91. The fraction of sp³-hybridized carbons (Fsp3) is 0.296. The molecule has 0 bridgehead atoms. The number of Topliss-reactive ketones (excluding diaryl/α,β-unsaturated/α-hetero) is 1. The molecule has 35 heavy (non-hydrogen) atoms. The molecule has 0 spiro atoms. The number of pyridine rings is 1. The number of hydrogen-bond acceptors (Lipinski definition) is 4.